The second-order valence-electron chi connectivity index (χ2n) is 9.50. The molecule has 10 heteroatoms. The molecule has 0 heterocycles. The first-order chi connectivity index (χ1) is 18.6. The summed E-state index contributed by atoms with van der Waals surface area (Å²) in [5.74, 6) is -2.51. The number of hydrogen-bond acceptors (Lipinski definition) is 6. The summed E-state index contributed by atoms with van der Waals surface area (Å²) in [5.41, 5.74) is 2.41. The number of aliphatic hydroxyl groups is 1. The van der Waals surface area contributed by atoms with E-state index in [1.807, 2.05) is 31.2 Å². The van der Waals surface area contributed by atoms with Gasteiger partial charge >= 0.3 is 6.09 Å². The summed E-state index contributed by atoms with van der Waals surface area (Å²) < 4.78 is 32.3. The Hall–Kier alpha value is -3.37. The molecule has 4 N–H and O–H groups in total. The van der Waals surface area contributed by atoms with Crippen molar-refractivity contribution in [2.45, 2.75) is 77.1 Å². The van der Waals surface area contributed by atoms with Crippen molar-refractivity contribution in [3.63, 3.8) is 0 Å². The number of carbonyl (C=O) groups is 3. The van der Waals surface area contributed by atoms with Crippen LogP contribution in [0.4, 0.5) is 13.6 Å². The summed E-state index contributed by atoms with van der Waals surface area (Å²) in [6, 6.07) is 8.72. The fraction of sp³-hybridized carbons (Fsp3) is 0.483. The minimum atomic E-state index is -1.24. The van der Waals surface area contributed by atoms with Gasteiger partial charge in [-0.3, -0.25) is 9.59 Å². The lowest BCUT2D eigenvalue weighted by molar-refractivity contribution is -0.128. The van der Waals surface area contributed by atoms with E-state index >= 15 is 0 Å². The highest BCUT2D eigenvalue weighted by molar-refractivity contribution is 5.91. The number of Topliss-reactive ketones (excluding diaryl/α,β-unsaturated/α-hetero) is 1. The van der Waals surface area contributed by atoms with E-state index < -0.39 is 41.8 Å². The Kier molecular flexibility index (Phi) is 13.5. The Morgan fingerprint density at radius 3 is 2.31 bits per heavy atom. The number of rotatable bonds is 16. The maximum absolute atomic E-state index is 13.8. The number of benzene rings is 2. The van der Waals surface area contributed by atoms with Crippen molar-refractivity contribution < 1.29 is 33.0 Å². The molecule has 0 saturated heterocycles. The molecule has 0 aromatic heterocycles. The van der Waals surface area contributed by atoms with Crippen molar-refractivity contribution in [2.24, 2.45) is 0 Å². The van der Waals surface area contributed by atoms with Gasteiger partial charge in [0.15, 0.2) is 0 Å². The molecular weight excluding hydrogens is 508 g/mol. The monoisotopic (exact) mass is 547 g/mol. The highest BCUT2D eigenvalue weighted by atomic mass is 19.1. The quantitative estimate of drug-likeness (QED) is 0.255. The fourth-order valence-corrected chi connectivity index (χ4v) is 4.13. The number of aliphatic hydroxyl groups excluding tert-OH is 1. The van der Waals surface area contributed by atoms with Gasteiger partial charge in [-0.25, -0.2) is 13.6 Å². The van der Waals surface area contributed by atoms with Crippen molar-refractivity contribution >= 4 is 17.8 Å². The number of carbonyl (C=O) groups excluding carboxylic acids is 3. The van der Waals surface area contributed by atoms with Crippen LogP contribution in [-0.4, -0.2) is 54.7 Å². The Morgan fingerprint density at radius 1 is 0.974 bits per heavy atom. The number of aryl methyl sites for hydroxylation is 1. The van der Waals surface area contributed by atoms with Gasteiger partial charge in [0.25, 0.3) is 0 Å². The van der Waals surface area contributed by atoms with Gasteiger partial charge in [0.05, 0.1) is 19.3 Å². The number of halogens is 2. The lowest BCUT2D eigenvalue weighted by Crippen LogP contribution is -2.55. The van der Waals surface area contributed by atoms with Crippen molar-refractivity contribution in [1.29, 1.82) is 0 Å². The molecule has 2 rings (SSSR count). The van der Waals surface area contributed by atoms with Crippen LogP contribution in [0.25, 0.3) is 0 Å². The molecule has 3 atom stereocenters. The van der Waals surface area contributed by atoms with Crippen LogP contribution >= 0.6 is 0 Å². The maximum Gasteiger partial charge on any atom is 0.407 e. The topological polar surface area (TPSA) is 117 Å². The Bertz CT molecular complexity index is 1080. The summed E-state index contributed by atoms with van der Waals surface area (Å²) in [5, 5.41) is 19.2. The van der Waals surface area contributed by atoms with E-state index in [2.05, 4.69) is 27.6 Å². The molecule has 0 radical (unpaired) electrons. The van der Waals surface area contributed by atoms with Crippen molar-refractivity contribution in [1.82, 2.24) is 16.0 Å². The summed E-state index contributed by atoms with van der Waals surface area (Å²) >= 11 is 0. The fourth-order valence-electron chi connectivity index (χ4n) is 4.13. The van der Waals surface area contributed by atoms with E-state index in [1.54, 1.807) is 0 Å². The Balaban J connectivity index is 2.18. The molecule has 39 heavy (non-hydrogen) atoms. The third-order valence-corrected chi connectivity index (χ3v) is 6.29. The van der Waals surface area contributed by atoms with E-state index in [9.17, 15) is 28.3 Å². The molecular formula is C29H39F2N3O5. The third kappa shape index (κ3) is 11.5. The standard InChI is InChI=1S/C29H39F2N3O5/c1-4-6-10-24(35)16-26(34-29(38)39-3)28(37)33-25(14-21-12-22(30)15-23(31)13-21)27(36)18-32-17-20-9-7-8-19(5-2)11-20/h7-9,11-13,15,25-27,32,36H,4-6,10,14,16-18H2,1-3H3,(H,33,37)(H,34,38)/t25-,26+,27+/m0/s1. The molecule has 2 amide bonds. The largest absolute Gasteiger partial charge is 0.453 e. The lowest BCUT2D eigenvalue weighted by Gasteiger charge is -2.27. The number of unbranched alkanes of at least 4 members (excludes halogenated alkanes) is 1. The SMILES string of the molecule is CCCCC(=O)C[C@@H](NC(=O)OC)C(=O)N[C@@H](Cc1cc(F)cc(F)c1)[C@H](O)CNCc1cccc(CC)c1. The molecule has 0 unspecified atom stereocenters. The molecule has 0 saturated carbocycles. The molecule has 214 valence electrons. The third-order valence-electron chi connectivity index (χ3n) is 6.29. The summed E-state index contributed by atoms with van der Waals surface area (Å²) in [6.45, 7) is 4.50. The molecule has 0 fully saturated rings. The zero-order valence-electron chi connectivity index (χ0n) is 22.8. The molecule has 0 aliphatic rings. The number of ether oxygens (including phenoxy) is 1. The van der Waals surface area contributed by atoms with Gasteiger partial charge in [0.1, 0.15) is 23.5 Å². The van der Waals surface area contributed by atoms with Gasteiger partial charge in [0.2, 0.25) is 5.91 Å². The number of hydrogen-bond donors (Lipinski definition) is 4. The van der Waals surface area contributed by atoms with Gasteiger partial charge in [-0.1, -0.05) is 44.5 Å². The van der Waals surface area contributed by atoms with Crippen LogP contribution in [0.15, 0.2) is 42.5 Å². The van der Waals surface area contributed by atoms with Gasteiger partial charge in [-0.2, -0.15) is 0 Å². The van der Waals surface area contributed by atoms with E-state index in [4.69, 9.17) is 0 Å². The van der Waals surface area contributed by atoms with Crippen molar-refractivity contribution in [3.05, 3.63) is 70.8 Å². The van der Waals surface area contributed by atoms with E-state index in [0.29, 0.717) is 13.0 Å². The molecule has 0 bridgehead atoms. The lowest BCUT2D eigenvalue weighted by atomic mass is 9.99. The van der Waals surface area contributed by atoms with Crippen LogP contribution in [-0.2, 0) is 33.7 Å². The second kappa shape index (κ2) is 16.6. The zero-order valence-corrected chi connectivity index (χ0v) is 22.8. The summed E-state index contributed by atoms with van der Waals surface area (Å²) in [7, 11) is 1.14. The number of methoxy groups -OCH3 is 1. The van der Waals surface area contributed by atoms with Crippen molar-refractivity contribution in [3.8, 4) is 0 Å². The summed E-state index contributed by atoms with van der Waals surface area (Å²) in [6.07, 6.45) is 0.166. The van der Waals surface area contributed by atoms with Gasteiger partial charge in [-0.05, 0) is 48.1 Å². The molecule has 0 aliphatic carbocycles. The minimum Gasteiger partial charge on any atom is -0.453 e. The molecule has 2 aromatic rings. The van der Waals surface area contributed by atoms with Crippen LogP contribution in [0.2, 0.25) is 0 Å². The number of nitrogens with one attached hydrogen (secondary N) is 3. The second-order valence-corrected chi connectivity index (χ2v) is 9.50. The highest BCUT2D eigenvalue weighted by Gasteiger charge is 2.29. The first-order valence-electron chi connectivity index (χ1n) is 13.2. The zero-order chi connectivity index (χ0) is 28.8. The molecule has 2 aromatic carbocycles. The summed E-state index contributed by atoms with van der Waals surface area (Å²) in [4.78, 5) is 37.4. The first-order valence-corrected chi connectivity index (χ1v) is 13.2. The van der Waals surface area contributed by atoms with Crippen LogP contribution in [0.3, 0.4) is 0 Å². The van der Waals surface area contributed by atoms with E-state index in [0.717, 1.165) is 43.7 Å². The molecule has 8 nitrogen and oxygen atoms in total. The number of ketones is 1. The van der Waals surface area contributed by atoms with E-state index in [-0.39, 0.29) is 37.2 Å². The highest BCUT2D eigenvalue weighted by Crippen LogP contribution is 2.13. The van der Waals surface area contributed by atoms with Gasteiger partial charge in [-0.15, -0.1) is 0 Å². The number of alkyl carbamates (subject to hydrolysis) is 1. The normalized spacial score (nSPS) is 13.3. The van der Waals surface area contributed by atoms with Gasteiger partial charge < -0.3 is 25.8 Å². The number of amides is 2. The first kappa shape index (κ1) is 31.8. The maximum atomic E-state index is 13.8. The average molecular weight is 548 g/mol. The van der Waals surface area contributed by atoms with Crippen LogP contribution in [0.1, 0.15) is 56.2 Å². The predicted octanol–water partition coefficient (Wildman–Crippen LogP) is 3.58. The van der Waals surface area contributed by atoms with Crippen molar-refractivity contribution in [2.75, 3.05) is 13.7 Å². The average Bonchev–Trinajstić information content (AvgIpc) is 2.90. The van der Waals surface area contributed by atoms with Crippen LogP contribution in [0, 0.1) is 11.6 Å². The van der Waals surface area contributed by atoms with Crippen LogP contribution in [0.5, 0.6) is 0 Å². The minimum absolute atomic E-state index is 0.0592. The Morgan fingerprint density at radius 2 is 1.67 bits per heavy atom. The Labute approximate surface area is 228 Å². The van der Waals surface area contributed by atoms with Crippen LogP contribution < -0.4 is 16.0 Å². The smallest absolute Gasteiger partial charge is 0.407 e. The molecule has 0 spiro atoms. The van der Waals surface area contributed by atoms with Gasteiger partial charge in [0, 0.05) is 32.0 Å². The molecule has 0 aliphatic heterocycles. The predicted molar refractivity (Wildman–Crippen MR) is 144 cm³/mol. The van der Waals surface area contributed by atoms with E-state index in [1.165, 1.54) is 5.56 Å².